The number of carboxylic acids is 1. The molecule has 4 aromatic rings. The molecule has 6 heterocycles. The number of hydrogen-bond donors (Lipinski definition) is 5. The Morgan fingerprint density at radius 1 is 1.00 bits per heavy atom. The lowest BCUT2D eigenvalue weighted by Crippen LogP contribution is -2.62. The molecular weight excluding hydrogens is 795 g/mol. The van der Waals surface area contributed by atoms with Crippen LogP contribution in [0.5, 0.6) is 0 Å². The first-order valence-electron chi connectivity index (χ1n) is 19.4. The van der Waals surface area contributed by atoms with E-state index >= 15 is 0 Å². The fourth-order valence-corrected chi connectivity index (χ4v) is 8.41. The van der Waals surface area contributed by atoms with Crippen molar-refractivity contribution in [2.75, 3.05) is 89.8 Å². The number of aliphatic carboxylic acids is 1. The summed E-state index contributed by atoms with van der Waals surface area (Å²) in [5.74, 6) is -1.04. The Hall–Kier alpha value is -5.53. The fraction of sp³-hybridized carbons (Fsp3) is 0.462. The monoisotopic (exact) mass is 840 g/mol. The van der Waals surface area contributed by atoms with Gasteiger partial charge in [0.2, 0.25) is 5.91 Å². The van der Waals surface area contributed by atoms with Gasteiger partial charge < -0.3 is 39.9 Å². The molecule has 3 fully saturated rings. The Kier molecular flexibility index (Phi) is 12.0. The molecule has 0 radical (unpaired) electrons. The molecule has 0 saturated carbocycles. The SMILES string of the molecule is CN(C)c1ccc(-c2n[nH]c(C(F)(F)F)c2Cc2cnc(C(=O)Nc3ccc(C(=O)N4CCN(C(=O)C5CC[N+](CC(=O)O)(CC6CNC6)CC5)CC4)c(Cl)c3)[nH]2)cn1. The zero-order valence-electron chi connectivity index (χ0n) is 32.6. The summed E-state index contributed by atoms with van der Waals surface area (Å²) >= 11 is 6.54. The number of nitrogens with one attached hydrogen (secondary N) is 4. The number of carbonyl (C=O) groups excluding carboxylic acids is 3. The first-order valence-corrected chi connectivity index (χ1v) is 19.8. The maximum absolute atomic E-state index is 14.0. The van der Waals surface area contributed by atoms with Crippen molar-refractivity contribution in [3.05, 3.63) is 76.1 Å². The van der Waals surface area contributed by atoms with Crippen LogP contribution in [0.1, 0.15) is 50.8 Å². The van der Waals surface area contributed by atoms with E-state index in [9.17, 15) is 37.5 Å². The van der Waals surface area contributed by atoms with Gasteiger partial charge in [-0.2, -0.15) is 18.3 Å². The van der Waals surface area contributed by atoms with E-state index in [0.29, 0.717) is 73.9 Å². The molecule has 3 aliphatic rings. The molecule has 0 spiro atoms. The number of hydrogen-bond acceptors (Lipinski definition) is 9. The van der Waals surface area contributed by atoms with Gasteiger partial charge in [-0.25, -0.2) is 14.8 Å². The number of anilines is 2. The predicted molar refractivity (Wildman–Crippen MR) is 211 cm³/mol. The number of rotatable bonds is 12. The average Bonchev–Trinajstić information content (AvgIpc) is 3.84. The lowest BCUT2D eigenvalue weighted by atomic mass is 9.90. The highest BCUT2D eigenvalue weighted by Gasteiger charge is 2.42. The van der Waals surface area contributed by atoms with Crippen LogP contribution in [0.15, 0.2) is 42.7 Å². The van der Waals surface area contributed by atoms with Gasteiger partial charge in [-0.3, -0.25) is 19.5 Å². The number of imidazole rings is 1. The smallest absolute Gasteiger partial charge is 0.433 e. The number of H-pyrrole nitrogens is 2. The Labute approximate surface area is 342 Å². The molecule has 5 N–H and O–H groups in total. The quantitative estimate of drug-likeness (QED) is 0.132. The van der Waals surface area contributed by atoms with Gasteiger partial charge in [0.15, 0.2) is 12.4 Å². The molecule has 3 amide bonds. The van der Waals surface area contributed by atoms with E-state index in [1.165, 1.54) is 30.6 Å². The molecule has 3 aliphatic heterocycles. The summed E-state index contributed by atoms with van der Waals surface area (Å²) in [6.45, 7) is 5.32. The lowest BCUT2D eigenvalue weighted by molar-refractivity contribution is -0.929. The van der Waals surface area contributed by atoms with Crippen LogP contribution in [-0.2, 0) is 22.2 Å². The number of amides is 3. The van der Waals surface area contributed by atoms with Gasteiger partial charge in [-0.05, 0) is 30.3 Å². The van der Waals surface area contributed by atoms with Crippen molar-refractivity contribution in [2.45, 2.75) is 25.4 Å². The van der Waals surface area contributed by atoms with E-state index < -0.39 is 23.7 Å². The zero-order chi connectivity index (χ0) is 42.1. The molecule has 0 bridgehead atoms. The maximum atomic E-state index is 14.0. The largest absolute Gasteiger partial charge is 0.477 e. The van der Waals surface area contributed by atoms with E-state index in [-0.39, 0.29) is 69.7 Å². The second-order valence-electron chi connectivity index (χ2n) is 15.7. The van der Waals surface area contributed by atoms with Gasteiger partial charge >= 0.3 is 12.1 Å². The molecule has 20 heteroatoms. The summed E-state index contributed by atoms with van der Waals surface area (Å²) in [5.41, 5.74) is -0.0201. The molecule has 3 aromatic heterocycles. The third-order valence-corrected chi connectivity index (χ3v) is 11.7. The highest BCUT2D eigenvalue weighted by molar-refractivity contribution is 6.34. The van der Waals surface area contributed by atoms with Crippen LogP contribution >= 0.6 is 11.6 Å². The highest BCUT2D eigenvalue weighted by atomic mass is 35.5. The molecule has 0 aliphatic carbocycles. The number of halogens is 4. The minimum absolute atomic E-state index is 0.0400. The van der Waals surface area contributed by atoms with Crippen LogP contribution in [0.3, 0.4) is 0 Å². The van der Waals surface area contributed by atoms with Crippen molar-refractivity contribution < 1.29 is 41.9 Å². The third kappa shape index (κ3) is 9.36. The third-order valence-electron chi connectivity index (χ3n) is 11.4. The molecule has 7 rings (SSSR count). The van der Waals surface area contributed by atoms with Crippen molar-refractivity contribution in [3.8, 4) is 11.3 Å². The van der Waals surface area contributed by atoms with Gasteiger partial charge in [-0.15, -0.1) is 0 Å². The van der Waals surface area contributed by atoms with Crippen molar-refractivity contribution in [1.82, 2.24) is 40.3 Å². The van der Waals surface area contributed by atoms with Crippen LogP contribution < -0.4 is 15.5 Å². The van der Waals surface area contributed by atoms with Crippen molar-refractivity contribution in [1.29, 1.82) is 0 Å². The number of aromatic nitrogens is 5. The average molecular weight is 841 g/mol. The van der Waals surface area contributed by atoms with Crippen LogP contribution in [0.2, 0.25) is 5.02 Å². The van der Waals surface area contributed by atoms with Gasteiger partial charge in [0.05, 0.1) is 35.9 Å². The minimum atomic E-state index is -4.72. The summed E-state index contributed by atoms with van der Waals surface area (Å²) in [4.78, 5) is 68.2. The van der Waals surface area contributed by atoms with Crippen LogP contribution in [0, 0.1) is 11.8 Å². The van der Waals surface area contributed by atoms with Gasteiger partial charge in [0.1, 0.15) is 11.5 Å². The minimum Gasteiger partial charge on any atom is -0.477 e. The molecule has 59 heavy (non-hydrogen) atoms. The van der Waals surface area contributed by atoms with Crippen molar-refractivity contribution in [3.63, 3.8) is 0 Å². The summed E-state index contributed by atoms with van der Waals surface area (Å²) in [7, 11) is 3.58. The maximum Gasteiger partial charge on any atom is 0.433 e. The number of carbonyl (C=O) groups is 4. The molecule has 16 nitrogen and oxygen atoms in total. The molecule has 3 saturated heterocycles. The Morgan fingerprint density at radius 2 is 1.71 bits per heavy atom. The molecule has 314 valence electrons. The summed E-state index contributed by atoms with van der Waals surface area (Å²) < 4.78 is 42.5. The summed E-state index contributed by atoms with van der Waals surface area (Å²) in [6.07, 6.45) is -1.01. The Balaban J connectivity index is 0.930. The fourth-order valence-electron chi connectivity index (χ4n) is 8.15. The molecule has 0 atom stereocenters. The topological polar surface area (TPSA) is 193 Å². The van der Waals surface area contributed by atoms with Crippen LogP contribution in [0.4, 0.5) is 24.7 Å². The second kappa shape index (κ2) is 17.0. The summed E-state index contributed by atoms with van der Waals surface area (Å²) in [6, 6.07) is 7.73. The van der Waals surface area contributed by atoms with Crippen molar-refractivity contribution >= 4 is 46.8 Å². The van der Waals surface area contributed by atoms with Gasteiger partial charge in [-0.1, -0.05) is 11.6 Å². The number of aromatic amines is 2. The number of pyridine rings is 1. The first-order chi connectivity index (χ1) is 28.1. The first kappa shape index (κ1) is 41.6. The van der Waals surface area contributed by atoms with E-state index in [2.05, 4.69) is 35.8 Å². The number of benzene rings is 1. The lowest BCUT2D eigenvalue weighted by Gasteiger charge is -2.46. The van der Waals surface area contributed by atoms with Crippen LogP contribution in [-0.4, -0.2) is 148 Å². The van der Waals surface area contributed by atoms with Crippen LogP contribution in [0.25, 0.3) is 11.3 Å². The second-order valence-corrected chi connectivity index (χ2v) is 16.2. The zero-order valence-corrected chi connectivity index (χ0v) is 33.4. The Morgan fingerprint density at radius 3 is 2.31 bits per heavy atom. The number of piperazine rings is 1. The molecular formula is C39H46ClF3N11O5+. The number of carboxylic acid groups (broad SMARTS) is 1. The molecule has 0 unspecified atom stereocenters. The van der Waals surface area contributed by atoms with Gasteiger partial charge in [0.25, 0.3) is 11.8 Å². The normalized spacial score (nSPS) is 19.9. The van der Waals surface area contributed by atoms with E-state index in [4.69, 9.17) is 11.6 Å². The number of alkyl halides is 3. The van der Waals surface area contributed by atoms with Gasteiger partial charge in [0, 0.05) is 119 Å². The number of likely N-dealkylation sites (tertiary alicyclic amines) is 1. The number of nitrogens with zero attached hydrogens (tertiary/aromatic N) is 7. The predicted octanol–water partition coefficient (Wildman–Crippen LogP) is 3.59. The van der Waals surface area contributed by atoms with Crippen molar-refractivity contribution in [2.24, 2.45) is 11.8 Å². The Bertz CT molecular complexity index is 2190. The number of quaternary nitrogens is 1. The van der Waals surface area contributed by atoms with E-state index in [1.54, 1.807) is 40.9 Å². The summed E-state index contributed by atoms with van der Waals surface area (Å²) in [5, 5.41) is 21.6. The van der Waals surface area contributed by atoms with E-state index in [0.717, 1.165) is 19.6 Å². The molecule has 1 aromatic carbocycles. The standard InChI is InChI=1S/C39H45ClF3N11O5/c1-51(2)31-6-3-25(19-45-31)33-29(34(50-49-33)39(41,42)43)15-27-20-46-35(47-27)36(57)48-26-4-5-28(30(40)16-26)38(59)53-11-9-52(10-12-53)37(58)24-7-13-54(14-8-24,22-32(55)56)21-23-17-44-18-23/h3-6,16,19-20,23-24,44H,7-15,17-18,21-22H2,1-2H3,(H3-,46,47,48,49,50,55,56,57,59)/p+1. The van der Waals surface area contributed by atoms with E-state index in [1.807, 2.05) is 0 Å². The highest BCUT2D eigenvalue weighted by Crippen LogP contribution is 2.36. The number of piperidine rings is 1.